The summed E-state index contributed by atoms with van der Waals surface area (Å²) in [5, 5.41) is 4.78. The number of piperidine rings is 1. The van der Waals surface area contributed by atoms with Crippen LogP contribution in [0.1, 0.15) is 18.4 Å². The summed E-state index contributed by atoms with van der Waals surface area (Å²) < 4.78 is 0. The zero-order chi connectivity index (χ0) is 10.5. The standard InChI is InChI=1S/C12H13Cl2N.ClH/c13-10-2-1-8(5-11(10)14)12-3-4-15-7-9(12)6-12;/h1-2,5,9,15H,3-4,6-7H2;1H/t9-,12-;/m1./s1. The van der Waals surface area contributed by atoms with Gasteiger partial charge in [0.1, 0.15) is 0 Å². The van der Waals surface area contributed by atoms with Gasteiger partial charge in [-0.05, 0) is 49.5 Å². The third kappa shape index (κ3) is 1.84. The van der Waals surface area contributed by atoms with Gasteiger partial charge in [-0.15, -0.1) is 12.4 Å². The van der Waals surface area contributed by atoms with Gasteiger partial charge in [-0.3, -0.25) is 0 Å². The third-order valence-electron chi connectivity index (χ3n) is 3.87. The van der Waals surface area contributed by atoms with Crippen LogP contribution in [0.25, 0.3) is 0 Å². The molecule has 88 valence electrons. The second kappa shape index (κ2) is 4.38. The Labute approximate surface area is 112 Å². The smallest absolute Gasteiger partial charge is 0.0595 e. The van der Waals surface area contributed by atoms with Crippen LogP contribution in [-0.4, -0.2) is 13.1 Å². The van der Waals surface area contributed by atoms with E-state index in [-0.39, 0.29) is 12.4 Å². The fourth-order valence-electron chi connectivity index (χ4n) is 2.85. The van der Waals surface area contributed by atoms with Crippen LogP contribution >= 0.6 is 35.6 Å². The molecule has 1 aromatic carbocycles. The molecule has 0 bridgehead atoms. The Morgan fingerprint density at radius 3 is 2.75 bits per heavy atom. The maximum absolute atomic E-state index is 6.07. The lowest BCUT2D eigenvalue weighted by Crippen LogP contribution is -2.31. The lowest BCUT2D eigenvalue weighted by molar-refractivity contribution is 0.445. The average molecular weight is 279 g/mol. The maximum Gasteiger partial charge on any atom is 0.0595 e. The van der Waals surface area contributed by atoms with Gasteiger partial charge in [0.25, 0.3) is 0 Å². The Morgan fingerprint density at radius 2 is 2.06 bits per heavy atom. The normalized spacial score (nSPS) is 31.5. The van der Waals surface area contributed by atoms with E-state index < -0.39 is 0 Å². The first-order chi connectivity index (χ1) is 7.22. The van der Waals surface area contributed by atoms with Gasteiger partial charge in [-0.25, -0.2) is 0 Å². The molecule has 1 saturated heterocycles. The minimum atomic E-state index is 0. The Balaban J connectivity index is 0.000000963. The maximum atomic E-state index is 6.07. The van der Waals surface area contributed by atoms with E-state index >= 15 is 0 Å². The van der Waals surface area contributed by atoms with Crippen LogP contribution in [0, 0.1) is 5.92 Å². The Hall–Kier alpha value is 0.0500. The summed E-state index contributed by atoms with van der Waals surface area (Å²) in [7, 11) is 0. The van der Waals surface area contributed by atoms with Crippen LogP contribution < -0.4 is 5.32 Å². The molecule has 2 atom stereocenters. The van der Waals surface area contributed by atoms with Crippen molar-refractivity contribution in [1.82, 2.24) is 5.32 Å². The lowest BCUT2D eigenvalue weighted by Gasteiger charge is -2.23. The van der Waals surface area contributed by atoms with Gasteiger partial charge in [0.05, 0.1) is 10.0 Å². The number of hydrogen-bond donors (Lipinski definition) is 1. The molecule has 1 N–H and O–H groups in total. The molecule has 1 aromatic rings. The highest BCUT2D eigenvalue weighted by atomic mass is 35.5. The first-order valence-corrected chi connectivity index (χ1v) is 6.14. The van der Waals surface area contributed by atoms with Gasteiger partial charge >= 0.3 is 0 Å². The van der Waals surface area contributed by atoms with E-state index in [0.29, 0.717) is 15.5 Å². The Kier molecular flexibility index (Phi) is 3.42. The molecule has 0 spiro atoms. The van der Waals surface area contributed by atoms with E-state index in [9.17, 15) is 0 Å². The van der Waals surface area contributed by atoms with Crippen LogP contribution in [-0.2, 0) is 5.41 Å². The van der Waals surface area contributed by atoms with E-state index in [2.05, 4.69) is 17.4 Å². The zero-order valence-corrected chi connectivity index (χ0v) is 11.1. The molecule has 0 aromatic heterocycles. The van der Waals surface area contributed by atoms with Crippen molar-refractivity contribution in [3.05, 3.63) is 33.8 Å². The summed E-state index contributed by atoms with van der Waals surface area (Å²) in [4.78, 5) is 0. The van der Waals surface area contributed by atoms with Gasteiger partial charge in [-0.1, -0.05) is 29.3 Å². The average Bonchev–Trinajstić information content (AvgIpc) is 2.97. The van der Waals surface area contributed by atoms with Crippen LogP contribution in [0.3, 0.4) is 0 Å². The molecule has 1 aliphatic heterocycles. The first kappa shape index (κ1) is 12.5. The van der Waals surface area contributed by atoms with Crippen LogP contribution in [0.4, 0.5) is 0 Å². The van der Waals surface area contributed by atoms with E-state index in [1.165, 1.54) is 18.4 Å². The van der Waals surface area contributed by atoms with Crippen molar-refractivity contribution in [2.24, 2.45) is 5.92 Å². The fraction of sp³-hybridized carbons (Fsp3) is 0.500. The predicted octanol–water partition coefficient (Wildman–Crippen LogP) is 3.67. The van der Waals surface area contributed by atoms with Crippen LogP contribution in [0.2, 0.25) is 10.0 Å². The molecule has 1 saturated carbocycles. The zero-order valence-electron chi connectivity index (χ0n) is 8.80. The predicted molar refractivity (Wildman–Crippen MR) is 71.0 cm³/mol. The molecule has 2 fully saturated rings. The Bertz CT molecular complexity index is 407. The molecule has 0 amide bonds. The lowest BCUT2D eigenvalue weighted by atomic mass is 9.88. The van der Waals surface area contributed by atoms with Gasteiger partial charge in [0.15, 0.2) is 0 Å². The molecule has 0 radical (unpaired) electrons. The van der Waals surface area contributed by atoms with Crippen LogP contribution in [0.5, 0.6) is 0 Å². The molecular formula is C12H14Cl3N. The van der Waals surface area contributed by atoms with Gasteiger partial charge < -0.3 is 5.32 Å². The quantitative estimate of drug-likeness (QED) is 0.826. The fourth-order valence-corrected chi connectivity index (χ4v) is 3.14. The topological polar surface area (TPSA) is 12.0 Å². The highest BCUT2D eigenvalue weighted by Crippen LogP contribution is 2.58. The van der Waals surface area contributed by atoms with E-state index in [1.807, 2.05) is 6.07 Å². The second-order valence-corrected chi connectivity index (χ2v) is 5.45. The summed E-state index contributed by atoms with van der Waals surface area (Å²) in [6.07, 6.45) is 2.54. The molecular weight excluding hydrogens is 264 g/mol. The SMILES string of the molecule is Cl.Clc1ccc([C@]23CCNC[C@H]2C3)cc1Cl. The second-order valence-electron chi connectivity index (χ2n) is 4.64. The van der Waals surface area contributed by atoms with Gasteiger partial charge in [0, 0.05) is 5.41 Å². The van der Waals surface area contributed by atoms with Crippen molar-refractivity contribution in [1.29, 1.82) is 0 Å². The minimum Gasteiger partial charge on any atom is -0.316 e. The molecule has 3 rings (SSSR count). The van der Waals surface area contributed by atoms with Crippen molar-refractivity contribution < 1.29 is 0 Å². The van der Waals surface area contributed by atoms with Gasteiger partial charge in [-0.2, -0.15) is 0 Å². The molecule has 1 heterocycles. The summed E-state index contributed by atoms with van der Waals surface area (Å²) in [5.41, 5.74) is 1.79. The number of hydrogen-bond acceptors (Lipinski definition) is 1. The number of benzene rings is 1. The number of halogens is 3. The van der Waals surface area contributed by atoms with E-state index in [0.717, 1.165) is 19.0 Å². The van der Waals surface area contributed by atoms with Crippen molar-refractivity contribution in [3.63, 3.8) is 0 Å². The van der Waals surface area contributed by atoms with Crippen molar-refractivity contribution >= 4 is 35.6 Å². The number of fused-ring (bicyclic) bond motifs is 1. The van der Waals surface area contributed by atoms with Crippen molar-refractivity contribution in [3.8, 4) is 0 Å². The molecule has 2 aliphatic rings. The molecule has 1 aliphatic carbocycles. The Morgan fingerprint density at radius 1 is 1.25 bits per heavy atom. The monoisotopic (exact) mass is 277 g/mol. The number of rotatable bonds is 1. The van der Waals surface area contributed by atoms with Crippen molar-refractivity contribution in [2.45, 2.75) is 18.3 Å². The van der Waals surface area contributed by atoms with Crippen molar-refractivity contribution in [2.75, 3.05) is 13.1 Å². The van der Waals surface area contributed by atoms with E-state index in [1.54, 1.807) is 0 Å². The highest BCUT2D eigenvalue weighted by molar-refractivity contribution is 6.42. The molecule has 16 heavy (non-hydrogen) atoms. The first-order valence-electron chi connectivity index (χ1n) is 5.39. The largest absolute Gasteiger partial charge is 0.316 e. The summed E-state index contributed by atoms with van der Waals surface area (Å²) in [6.45, 7) is 2.27. The highest BCUT2D eigenvalue weighted by Gasteiger charge is 2.55. The third-order valence-corrected chi connectivity index (χ3v) is 4.60. The van der Waals surface area contributed by atoms with Crippen LogP contribution in [0.15, 0.2) is 18.2 Å². The number of nitrogens with one attached hydrogen (secondary N) is 1. The van der Waals surface area contributed by atoms with Gasteiger partial charge in [0.2, 0.25) is 0 Å². The minimum absolute atomic E-state index is 0. The summed E-state index contributed by atoms with van der Waals surface area (Å²) in [6, 6.07) is 6.11. The molecule has 0 unspecified atom stereocenters. The molecule has 1 nitrogen and oxygen atoms in total. The summed E-state index contributed by atoms with van der Waals surface area (Å²) in [5.74, 6) is 0.809. The summed E-state index contributed by atoms with van der Waals surface area (Å²) >= 11 is 12.0. The van der Waals surface area contributed by atoms with E-state index in [4.69, 9.17) is 23.2 Å². The molecule has 4 heteroatoms.